The van der Waals surface area contributed by atoms with Crippen molar-refractivity contribution >= 4 is 5.91 Å². The van der Waals surface area contributed by atoms with Gasteiger partial charge in [0.1, 0.15) is 0 Å². The molecule has 5 nitrogen and oxygen atoms in total. The molecule has 2 aliphatic rings. The number of fused-ring (bicyclic) bond motifs is 2. The van der Waals surface area contributed by atoms with Gasteiger partial charge in [-0.1, -0.05) is 6.07 Å². The van der Waals surface area contributed by atoms with Crippen molar-refractivity contribution in [3.8, 4) is 0 Å². The van der Waals surface area contributed by atoms with Gasteiger partial charge in [0, 0.05) is 44.6 Å². The molecular formula is C25H34F3N3O2. The van der Waals surface area contributed by atoms with Crippen molar-refractivity contribution in [1.82, 2.24) is 14.4 Å². The molecule has 8 heteroatoms. The van der Waals surface area contributed by atoms with Crippen LogP contribution in [-0.2, 0) is 24.1 Å². The molecular weight excluding hydrogens is 431 g/mol. The highest BCUT2D eigenvalue weighted by Crippen LogP contribution is 2.42. The van der Waals surface area contributed by atoms with Crippen LogP contribution >= 0.6 is 0 Å². The molecule has 0 unspecified atom stereocenters. The van der Waals surface area contributed by atoms with Crippen LogP contribution in [0.15, 0.2) is 30.3 Å². The van der Waals surface area contributed by atoms with Gasteiger partial charge >= 0.3 is 6.18 Å². The summed E-state index contributed by atoms with van der Waals surface area (Å²) >= 11 is 0. The van der Waals surface area contributed by atoms with Crippen LogP contribution in [-0.4, -0.2) is 58.2 Å². The van der Waals surface area contributed by atoms with E-state index >= 15 is 0 Å². The summed E-state index contributed by atoms with van der Waals surface area (Å²) in [6.07, 6.45) is -3.81. The van der Waals surface area contributed by atoms with Gasteiger partial charge in [0.2, 0.25) is 0 Å². The maximum Gasteiger partial charge on any atom is 0.394 e. The number of halogens is 3. The van der Waals surface area contributed by atoms with Gasteiger partial charge in [0.15, 0.2) is 0 Å². The maximum absolute atomic E-state index is 13.2. The number of likely N-dealkylation sites (N-methyl/N-ethyl adjacent to an activating group) is 1. The van der Waals surface area contributed by atoms with Gasteiger partial charge in [-0.2, -0.15) is 13.2 Å². The molecule has 0 saturated carbocycles. The van der Waals surface area contributed by atoms with E-state index in [0.29, 0.717) is 50.3 Å². The Morgan fingerprint density at radius 2 is 1.76 bits per heavy atom. The molecule has 0 atom stereocenters. The summed E-state index contributed by atoms with van der Waals surface area (Å²) in [6.45, 7) is 7.62. The zero-order valence-corrected chi connectivity index (χ0v) is 19.7. The van der Waals surface area contributed by atoms with Gasteiger partial charge in [-0.15, -0.1) is 0 Å². The second-order valence-electron chi connectivity index (χ2n) is 9.99. The minimum Gasteiger partial charge on any atom is -0.386 e. The molecule has 1 saturated heterocycles. The van der Waals surface area contributed by atoms with Gasteiger partial charge in [-0.05, 0) is 76.1 Å². The molecule has 0 aliphatic carbocycles. The zero-order chi connectivity index (χ0) is 24.2. The van der Waals surface area contributed by atoms with Crippen LogP contribution in [0.1, 0.15) is 61.0 Å². The van der Waals surface area contributed by atoms with E-state index in [9.17, 15) is 23.1 Å². The number of rotatable bonds is 3. The predicted molar refractivity (Wildman–Crippen MR) is 122 cm³/mol. The Labute approximate surface area is 194 Å². The van der Waals surface area contributed by atoms with Crippen molar-refractivity contribution in [2.45, 2.75) is 63.9 Å². The molecule has 33 heavy (non-hydrogen) atoms. The Balaban J connectivity index is 0.00000324. The first-order valence-corrected chi connectivity index (χ1v) is 11.4. The zero-order valence-electron chi connectivity index (χ0n) is 19.7. The standard InChI is InChI=1S/C25H32F3N3O2.H2/c1-17-15-18(5-7-20(17)23(2,3)33)22(32)30-11-9-24(10-12-30)21-8-6-19(16-25(26,27)28)31(21)14-13-29(24)4;/h5-8,15,33H,9-14,16H2,1-4H3;1H. The van der Waals surface area contributed by atoms with E-state index in [1.807, 2.05) is 35.6 Å². The Bertz CT molecular complexity index is 1050. The molecule has 1 aromatic heterocycles. The number of benzene rings is 1. The number of aromatic nitrogens is 1. The van der Waals surface area contributed by atoms with E-state index in [0.717, 1.165) is 16.8 Å². The first kappa shape index (κ1) is 23.8. The van der Waals surface area contributed by atoms with E-state index in [4.69, 9.17) is 0 Å². The number of likely N-dealkylation sites (tertiary alicyclic amines) is 1. The molecule has 1 spiro atoms. The van der Waals surface area contributed by atoms with Gasteiger partial charge in [0.25, 0.3) is 5.91 Å². The third kappa shape index (κ3) is 4.43. The molecule has 182 valence electrons. The first-order valence-electron chi connectivity index (χ1n) is 11.4. The second kappa shape index (κ2) is 8.17. The first-order chi connectivity index (χ1) is 15.3. The van der Waals surface area contributed by atoms with Crippen LogP contribution < -0.4 is 0 Å². The van der Waals surface area contributed by atoms with E-state index in [1.165, 1.54) is 0 Å². The van der Waals surface area contributed by atoms with Crippen LogP contribution in [0.4, 0.5) is 13.2 Å². The SMILES string of the molecule is Cc1cc(C(=O)N2CCC3(CC2)c2ccc(CC(F)(F)F)n2CCN3C)ccc1C(C)(C)O.[HH]. The highest BCUT2D eigenvalue weighted by Gasteiger charge is 2.45. The van der Waals surface area contributed by atoms with Crippen molar-refractivity contribution in [2.75, 3.05) is 26.7 Å². The van der Waals surface area contributed by atoms with Gasteiger partial charge < -0.3 is 14.6 Å². The van der Waals surface area contributed by atoms with Gasteiger partial charge in [-0.25, -0.2) is 0 Å². The maximum atomic E-state index is 13.2. The van der Waals surface area contributed by atoms with Crippen molar-refractivity contribution in [2.24, 2.45) is 0 Å². The van der Waals surface area contributed by atoms with Gasteiger partial charge in [-0.3, -0.25) is 9.69 Å². The fraction of sp³-hybridized carbons (Fsp3) is 0.560. The number of carbonyl (C=O) groups excluding carboxylic acids is 1. The fourth-order valence-corrected chi connectivity index (χ4v) is 5.58. The quantitative estimate of drug-likeness (QED) is 0.729. The number of hydrogen-bond acceptors (Lipinski definition) is 3. The molecule has 0 radical (unpaired) electrons. The Kier molecular flexibility index (Phi) is 5.90. The molecule has 1 amide bonds. The molecule has 1 fully saturated rings. The van der Waals surface area contributed by atoms with E-state index in [1.54, 1.807) is 32.0 Å². The lowest BCUT2D eigenvalue weighted by Crippen LogP contribution is -2.56. The average Bonchev–Trinajstić information content (AvgIpc) is 3.12. The number of amides is 1. The highest BCUT2D eigenvalue weighted by atomic mass is 19.4. The van der Waals surface area contributed by atoms with E-state index < -0.39 is 18.2 Å². The number of nitrogens with zero attached hydrogens (tertiary/aromatic N) is 3. The number of piperidine rings is 1. The van der Waals surface area contributed by atoms with Crippen LogP contribution in [0.25, 0.3) is 0 Å². The summed E-state index contributed by atoms with van der Waals surface area (Å²) in [5, 5.41) is 10.3. The highest BCUT2D eigenvalue weighted by molar-refractivity contribution is 5.94. The van der Waals surface area contributed by atoms with E-state index in [-0.39, 0.29) is 12.9 Å². The summed E-state index contributed by atoms with van der Waals surface area (Å²) in [5.74, 6) is -0.0538. The average molecular weight is 466 g/mol. The number of carbonyl (C=O) groups is 1. The molecule has 1 N–H and O–H groups in total. The summed E-state index contributed by atoms with van der Waals surface area (Å²) in [5.41, 5.74) is 2.14. The topological polar surface area (TPSA) is 48.7 Å². The Morgan fingerprint density at radius 1 is 1.09 bits per heavy atom. The lowest BCUT2D eigenvalue weighted by atomic mass is 9.81. The summed E-state index contributed by atoms with van der Waals surface area (Å²) in [6, 6.07) is 8.83. The number of hydrogen-bond donors (Lipinski definition) is 1. The molecule has 4 rings (SSSR count). The fourth-order valence-electron chi connectivity index (χ4n) is 5.58. The van der Waals surface area contributed by atoms with Crippen LogP contribution in [0.2, 0.25) is 0 Å². The van der Waals surface area contributed by atoms with Gasteiger partial charge in [0.05, 0.1) is 17.6 Å². The van der Waals surface area contributed by atoms with Crippen LogP contribution in [0, 0.1) is 6.92 Å². The number of aryl methyl sites for hydroxylation is 1. The third-order valence-electron chi connectivity index (χ3n) is 7.33. The molecule has 2 aliphatic heterocycles. The second-order valence-corrected chi connectivity index (χ2v) is 9.99. The van der Waals surface area contributed by atoms with Crippen molar-refractivity contribution in [1.29, 1.82) is 0 Å². The predicted octanol–water partition coefficient (Wildman–Crippen LogP) is 4.45. The lowest BCUT2D eigenvalue weighted by Gasteiger charge is -2.50. The Morgan fingerprint density at radius 3 is 2.33 bits per heavy atom. The van der Waals surface area contributed by atoms with Crippen LogP contribution in [0.5, 0.6) is 0 Å². The molecule has 0 bridgehead atoms. The van der Waals surface area contributed by atoms with Crippen LogP contribution in [0.3, 0.4) is 0 Å². The largest absolute Gasteiger partial charge is 0.394 e. The van der Waals surface area contributed by atoms with Crippen molar-refractivity contribution in [3.63, 3.8) is 0 Å². The summed E-state index contributed by atoms with van der Waals surface area (Å²) in [4.78, 5) is 17.3. The minimum absolute atomic E-state index is 0. The Hall–Kier alpha value is -2.32. The smallest absolute Gasteiger partial charge is 0.386 e. The third-order valence-corrected chi connectivity index (χ3v) is 7.33. The number of alkyl halides is 3. The van der Waals surface area contributed by atoms with E-state index in [2.05, 4.69) is 4.90 Å². The monoisotopic (exact) mass is 465 g/mol. The lowest BCUT2D eigenvalue weighted by molar-refractivity contribution is -0.128. The summed E-state index contributed by atoms with van der Waals surface area (Å²) < 4.78 is 40.9. The normalized spacial score (nSPS) is 19.1. The molecule has 1 aromatic carbocycles. The molecule has 3 heterocycles. The minimum atomic E-state index is -4.24. The number of aliphatic hydroxyl groups is 1. The summed E-state index contributed by atoms with van der Waals surface area (Å²) in [7, 11) is 2.02. The van der Waals surface area contributed by atoms with Crippen molar-refractivity contribution in [3.05, 3.63) is 58.4 Å². The van der Waals surface area contributed by atoms with Crippen molar-refractivity contribution < 1.29 is 24.5 Å². The molecule has 2 aromatic rings.